The molecule has 0 N–H and O–H groups in total. The highest BCUT2D eigenvalue weighted by molar-refractivity contribution is 5.99. The van der Waals surface area contributed by atoms with Crippen LogP contribution in [-0.4, -0.2) is 49.6 Å². The number of benzene rings is 1. The van der Waals surface area contributed by atoms with Gasteiger partial charge in [0.15, 0.2) is 5.78 Å². The Bertz CT molecular complexity index is 442. The SMILES string of the molecule is CCCOc1ccc(C(=O)C2CN(CCC)CCO2)cc1. The Hall–Kier alpha value is -1.39. The number of ketones is 1. The highest BCUT2D eigenvalue weighted by Gasteiger charge is 2.26. The fourth-order valence-electron chi connectivity index (χ4n) is 2.50. The van der Waals surface area contributed by atoms with Crippen molar-refractivity contribution in [3.63, 3.8) is 0 Å². The molecule has 1 fully saturated rings. The van der Waals surface area contributed by atoms with E-state index in [2.05, 4.69) is 18.7 Å². The van der Waals surface area contributed by atoms with Gasteiger partial charge >= 0.3 is 0 Å². The first-order valence-corrected chi connectivity index (χ1v) is 7.85. The van der Waals surface area contributed by atoms with Gasteiger partial charge in [0.25, 0.3) is 0 Å². The molecule has 1 unspecified atom stereocenters. The molecule has 116 valence electrons. The zero-order valence-corrected chi connectivity index (χ0v) is 13.0. The molecule has 0 spiro atoms. The number of nitrogens with zero attached hydrogens (tertiary/aromatic N) is 1. The van der Waals surface area contributed by atoms with E-state index in [-0.39, 0.29) is 11.9 Å². The van der Waals surface area contributed by atoms with Crippen LogP contribution in [0.1, 0.15) is 37.0 Å². The van der Waals surface area contributed by atoms with Gasteiger partial charge in [-0.15, -0.1) is 0 Å². The average Bonchev–Trinajstić information content (AvgIpc) is 2.53. The molecular formula is C17H25NO3. The number of hydrogen-bond acceptors (Lipinski definition) is 4. The van der Waals surface area contributed by atoms with E-state index in [4.69, 9.17) is 9.47 Å². The van der Waals surface area contributed by atoms with Gasteiger partial charge in [-0.05, 0) is 43.7 Å². The Morgan fingerprint density at radius 2 is 2.05 bits per heavy atom. The van der Waals surface area contributed by atoms with Gasteiger partial charge < -0.3 is 9.47 Å². The molecule has 0 radical (unpaired) electrons. The van der Waals surface area contributed by atoms with Gasteiger partial charge in [-0.2, -0.15) is 0 Å². The first kappa shape index (κ1) is 16.0. The van der Waals surface area contributed by atoms with E-state index in [0.29, 0.717) is 25.3 Å². The molecule has 1 heterocycles. The van der Waals surface area contributed by atoms with E-state index >= 15 is 0 Å². The quantitative estimate of drug-likeness (QED) is 0.724. The first-order chi connectivity index (χ1) is 10.2. The predicted octanol–water partition coefficient (Wildman–Crippen LogP) is 2.77. The summed E-state index contributed by atoms with van der Waals surface area (Å²) in [6.07, 6.45) is 1.74. The molecule has 1 aliphatic heterocycles. The normalized spacial score (nSPS) is 19.4. The summed E-state index contributed by atoms with van der Waals surface area (Å²) >= 11 is 0. The number of hydrogen-bond donors (Lipinski definition) is 0. The Labute approximate surface area is 127 Å². The van der Waals surface area contributed by atoms with Gasteiger partial charge in [-0.1, -0.05) is 13.8 Å². The molecule has 0 bridgehead atoms. The summed E-state index contributed by atoms with van der Waals surface area (Å²) in [5.41, 5.74) is 0.696. The third kappa shape index (κ3) is 4.55. The second-order valence-corrected chi connectivity index (χ2v) is 5.40. The van der Waals surface area contributed by atoms with Crippen molar-refractivity contribution < 1.29 is 14.3 Å². The van der Waals surface area contributed by atoms with Crippen LogP contribution in [0.15, 0.2) is 24.3 Å². The second kappa shape index (κ2) is 8.15. The van der Waals surface area contributed by atoms with Crippen molar-refractivity contribution in [1.82, 2.24) is 4.90 Å². The van der Waals surface area contributed by atoms with Crippen molar-refractivity contribution in [1.29, 1.82) is 0 Å². The minimum atomic E-state index is -0.340. The van der Waals surface area contributed by atoms with Crippen LogP contribution < -0.4 is 4.74 Å². The maximum Gasteiger partial charge on any atom is 0.192 e. The highest BCUT2D eigenvalue weighted by atomic mass is 16.5. The van der Waals surface area contributed by atoms with Crippen LogP contribution in [0.4, 0.5) is 0 Å². The largest absolute Gasteiger partial charge is 0.494 e. The first-order valence-electron chi connectivity index (χ1n) is 7.85. The number of carbonyl (C=O) groups is 1. The Morgan fingerprint density at radius 1 is 1.29 bits per heavy atom. The van der Waals surface area contributed by atoms with Crippen LogP contribution in [0.25, 0.3) is 0 Å². The summed E-state index contributed by atoms with van der Waals surface area (Å²) < 4.78 is 11.2. The smallest absolute Gasteiger partial charge is 0.192 e. The van der Waals surface area contributed by atoms with Crippen LogP contribution >= 0.6 is 0 Å². The van der Waals surface area contributed by atoms with Crippen molar-refractivity contribution in [3.8, 4) is 5.75 Å². The summed E-state index contributed by atoms with van der Waals surface area (Å²) in [5, 5.41) is 0. The zero-order valence-electron chi connectivity index (χ0n) is 13.0. The molecule has 21 heavy (non-hydrogen) atoms. The monoisotopic (exact) mass is 291 g/mol. The molecule has 0 aromatic heterocycles. The summed E-state index contributed by atoms with van der Waals surface area (Å²) in [6.45, 7) is 8.19. The lowest BCUT2D eigenvalue weighted by molar-refractivity contribution is -0.0163. The molecule has 1 aromatic rings. The van der Waals surface area contributed by atoms with E-state index in [9.17, 15) is 4.79 Å². The molecule has 0 saturated carbocycles. The van der Waals surface area contributed by atoms with E-state index in [0.717, 1.165) is 31.7 Å². The minimum absolute atomic E-state index is 0.0674. The highest BCUT2D eigenvalue weighted by Crippen LogP contribution is 2.16. The van der Waals surface area contributed by atoms with Crippen molar-refractivity contribution in [2.75, 3.05) is 32.8 Å². The maximum atomic E-state index is 12.5. The predicted molar refractivity (Wildman–Crippen MR) is 83.0 cm³/mol. The van der Waals surface area contributed by atoms with Crippen LogP contribution in [0.5, 0.6) is 5.75 Å². The van der Waals surface area contributed by atoms with Crippen LogP contribution in [0.2, 0.25) is 0 Å². The summed E-state index contributed by atoms with van der Waals surface area (Å²) in [7, 11) is 0. The third-order valence-electron chi connectivity index (χ3n) is 3.59. The summed E-state index contributed by atoms with van der Waals surface area (Å²) in [6, 6.07) is 7.37. The van der Waals surface area contributed by atoms with Crippen LogP contribution in [-0.2, 0) is 4.74 Å². The number of ether oxygens (including phenoxy) is 2. The van der Waals surface area contributed by atoms with Crippen molar-refractivity contribution in [2.45, 2.75) is 32.8 Å². The molecule has 2 rings (SSSR count). The topological polar surface area (TPSA) is 38.8 Å². The van der Waals surface area contributed by atoms with E-state index in [1.54, 1.807) is 0 Å². The Morgan fingerprint density at radius 3 is 2.71 bits per heavy atom. The van der Waals surface area contributed by atoms with Gasteiger partial charge in [0.2, 0.25) is 0 Å². The molecule has 1 aliphatic rings. The molecule has 1 atom stereocenters. The summed E-state index contributed by atoms with van der Waals surface area (Å²) in [4.78, 5) is 14.8. The van der Waals surface area contributed by atoms with Crippen molar-refractivity contribution >= 4 is 5.78 Å². The maximum absolute atomic E-state index is 12.5. The van der Waals surface area contributed by atoms with Gasteiger partial charge in [-0.25, -0.2) is 0 Å². The molecular weight excluding hydrogens is 266 g/mol. The van der Waals surface area contributed by atoms with E-state index < -0.39 is 0 Å². The average molecular weight is 291 g/mol. The summed E-state index contributed by atoms with van der Waals surface area (Å²) in [5.74, 6) is 0.878. The van der Waals surface area contributed by atoms with Gasteiger partial charge in [0.1, 0.15) is 11.9 Å². The lowest BCUT2D eigenvalue weighted by atomic mass is 10.0. The van der Waals surface area contributed by atoms with Crippen LogP contribution in [0.3, 0.4) is 0 Å². The van der Waals surface area contributed by atoms with Crippen molar-refractivity contribution in [3.05, 3.63) is 29.8 Å². The standard InChI is InChI=1S/C17H25NO3/c1-3-9-18-10-12-21-16(13-18)17(19)14-5-7-15(8-6-14)20-11-4-2/h5-8,16H,3-4,9-13H2,1-2H3. The number of carbonyl (C=O) groups excluding carboxylic acids is 1. The molecule has 1 aromatic carbocycles. The number of rotatable bonds is 7. The lowest BCUT2D eigenvalue weighted by Crippen LogP contribution is -2.46. The number of Topliss-reactive ketones (excluding diaryl/α,β-unsaturated/α-hetero) is 1. The Kier molecular flexibility index (Phi) is 6.21. The Balaban J connectivity index is 1.95. The second-order valence-electron chi connectivity index (χ2n) is 5.40. The zero-order chi connectivity index (χ0) is 15.1. The molecule has 1 saturated heterocycles. The molecule has 4 heteroatoms. The fourth-order valence-corrected chi connectivity index (χ4v) is 2.50. The van der Waals surface area contributed by atoms with Gasteiger partial charge in [0, 0.05) is 18.7 Å². The lowest BCUT2D eigenvalue weighted by Gasteiger charge is -2.31. The number of morpholine rings is 1. The minimum Gasteiger partial charge on any atom is -0.494 e. The van der Waals surface area contributed by atoms with Gasteiger partial charge in [-0.3, -0.25) is 9.69 Å². The van der Waals surface area contributed by atoms with Gasteiger partial charge in [0.05, 0.1) is 13.2 Å². The third-order valence-corrected chi connectivity index (χ3v) is 3.59. The molecule has 0 amide bonds. The van der Waals surface area contributed by atoms with E-state index in [1.165, 1.54) is 0 Å². The van der Waals surface area contributed by atoms with Crippen LogP contribution in [0, 0.1) is 0 Å². The van der Waals surface area contributed by atoms with E-state index in [1.807, 2.05) is 24.3 Å². The fraction of sp³-hybridized carbons (Fsp3) is 0.588. The van der Waals surface area contributed by atoms with Crippen molar-refractivity contribution in [2.24, 2.45) is 0 Å². The molecule has 0 aliphatic carbocycles. The molecule has 4 nitrogen and oxygen atoms in total.